The van der Waals surface area contributed by atoms with Crippen LogP contribution in [0.15, 0.2) is 12.1 Å². The molecule has 0 aliphatic heterocycles. The Hall–Kier alpha value is -1.85. The van der Waals surface area contributed by atoms with Crippen LogP contribution in [-0.4, -0.2) is 11.2 Å². The van der Waals surface area contributed by atoms with E-state index in [1.807, 2.05) is 0 Å². The van der Waals surface area contributed by atoms with Crippen molar-refractivity contribution >= 4 is 12.0 Å². The number of hydrogen-bond acceptors (Lipinski definition) is 3. The van der Waals surface area contributed by atoms with E-state index in [1.165, 1.54) is 0 Å². The second-order valence-corrected chi connectivity index (χ2v) is 2.52. The SMILES string of the molecule is O=CCc1cc([N+](=O)[O-])c(F)cc1F. The van der Waals surface area contributed by atoms with Crippen molar-refractivity contribution < 1.29 is 18.5 Å². The molecule has 0 radical (unpaired) electrons. The molecule has 1 aromatic rings. The van der Waals surface area contributed by atoms with Crippen LogP contribution in [0.2, 0.25) is 0 Å². The molecule has 6 heteroatoms. The summed E-state index contributed by atoms with van der Waals surface area (Å²) in [6, 6.07) is 1.12. The Kier molecular flexibility index (Phi) is 2.85. The largest absolute Gasteiger partial charge is 0.305 e. The van der Waals surface area contributed by atoms with Crippen LogP contribution in [0.4, 0.5) is 14.5 Å². The van der Waals surface area contributed by atoms with E-state index in [9.17, 15) is 23.7 Å². The lowest BCUT2D eigenvalue weighted by molar-refractivity contribution is -0.387. The Morgan fingerprint density at radius 3 is 2.50 bits per heavy atom. The molecule has 1 rings (SSSR count). The van der Waals surface area contributed by atoms with Gasteiger partial charge in [-0.2, -0.15) is 4.39 Å². The first-order chi connectivity index (χ1) is 6.56. The molecule has 0 atom stereocenters. The van der Waals surface area contributed by atoms with Crippen molar-refractivity contribution in [3.63, 3.8) is 0 Å². The van der Waals surface area contributed by atoms with Crippen molar-refractivity contribution in [2.45, 2.75) is 6.42 Å². The van der Waals surface area contributed by atoms with Gasteiger partial charge in [0.15, 0.2) is 0 Å². The second-order valence-electron chi connectivity index (χ2n) is 2.52. The summed E-state index contributed by atoms with van der Waals surface area (Å²) in [5.41, 5.74) is -1.02. The van der Waals surface area contributed by atoms with Crippen LogP contribution in [0.25, 0.3) is 0 Å². The summed E-state index contributed by atoms with van der Waals surface area (Å²) < 4.78 is 25.6. The minimum absolute atomic E-state index is 0.187. The molecule has 0 aliphatic carbocycles. The number of carbonyl (C=O) groups excluding carboxylic acids is 1. The maximum absolute atomic E-state index is 12.9. The third-order valence-electron chi connectivity index (χ3n) is 1.62. The van der Waals surface area contributed by atoms with Crippen LogP contribution in [0, 0.1) is 21.7 Å². The predicted octanol–water partition coefficient (Wildman–Crippen LogP) is 1.61. The van der Waals surface area contributed by atoms with E-state index in [4.69, 9.17) is 0 Å². The lowest BCUT2D eigenvalue weighted by Gasteiger charge is -1.99. The Balaban J connectivity index is 3.26. The van der Waals surface area contributed by atoms with Crippen LogP contribution in [0.1, 0.15) is 5.56 Å². The van der Waals surface area contributed by atoms with Crippen LogP contribution < -0.4 is 0 Å². The second kappa shape index (κ2) is 3.91. The van der Waals surface area contributed by atoms with E-state index >= 15 is 0 Å². The van der Waals surface area contributed by atoms with E-state index in [1.54, 1.807) is 0 Å². The van der Waals surface area contributed by atoms with Gasteiger partial charge in [-0.3, -0.25) is 10.1 Å². The van der Waals surface area contributed by atoms with Gasteiger partial charge < -0.3 is 4.79 Å². The number of rotatable bonds is 3. The molecule has 0 N–H and O–H groups in total. The van der Waals surface area contributed by atoms with Gasteiger partial charge in [0.05, 0.1) is 4.92 Å². The standard InChI is InChI=1S/C8H5F2NO3/c9-6-4-7(10)8(11(13)14)3-5(6)1-2-12/h2-4H,1H2. The van der Waals surface area contributed by atoms with Gasteiger partial charge in [0.25, 0.3) is 0 Å². The molecule has 0 heterocycles. The zero-order valence-electron chi connectivity index (χ0n) is 6.87. The lowest BCUT2D eigenvalue weighted by Crippen LogP contribution is -1.98. The molecule has 0 aromatic heterocycles. The van der Waals surface area contributed by atoms with E-state index in [2.05, 4.69) is 0 Å². The summed E-state index contributed by atoms with van der Waals surface area (Å²) in [4.78, 5) is 19.3. The fourth-order valence-corrected chi connectivity index (χ4v) is 0.967. The Morgan fingerprint density at radius 2 is 2.00 bits per heavy atom. The van der Waals surface area contributed by atoms with E-state index in [0.29, 0.717) is 12.4 Å². The summed E-state index contributed by atoms with van der Waals surface area (Å²) in [6.07, 6.45) is 0.0764. The summed E-state index contributed by atoms with van der Waals surface area (Å²) in [5, 5.41) is 10.2. The van der Waals surface area contributed by atoms with Crippen molar-refractivity contribution in [2.75, 3.05) is 0 Å². The molecule has 0 bridgehead atoms. The molecule has 0 amide bonds. The zero-order valence-corrected chi connectivity index (χ0v) is 6.87. The summed E-state index contributed by atoms with van der Waals surface area (Å²) in [5.74, 6) is -2.21. The molecule has 74 valence electrons. The first-order valence-electron chi connectivity index (χ1n) is 3.62. The van der Waals surface area contributed by atoms with Crippen LogP contribution in [0.5, 0.6) is 0 Å². The lowest BCUT2D eigenvalue weighted by atomic mass is 10.1. The molecule has 0 saturated heterocycles. The minimum Gasteiger partial charge on any atom is -0.303 e. The van der Waals surface area contributed by atoms with Gasteiger partial charge in [-0.25, -0.2) is 4.39 Å². The van der Waals surface area contributed by atoms with Crippen molar-refractivity contribution in [2.24, 2.45) is 0 Å². The molecule has 0 fully saturated rings. The average molecular weight is 201 g/mol. The van der Waals surface area contributed by atoms with Crippen molar-refractivity contribution in [1.82, 2.24) is 0 Å². The monoisotopic (exact) mass is 201 g/mol. The number of nitro benzene ring substituents is 1. The van der Waals surface area contributed by atoms with Crippen LogP contribution in [-0.2, 0) is 11.2 Å². The first kappa shape index (κ1) is 10.2. The van der Waals surface area contributed by atoms with Crippen molar-refractivity contribution in [1.29, 1.82) is 0 Å². The first-order valence-corrected chi connectivity index (χ1v) is 3.62. The van der Waals surface area contributed by atoms with Gasteiger partial charge in [0.2, 0.25) is 5.82 Å². The van der Waals surface area contributed by atoms with Gasteiger partial charge in [-0.15, -0.1) is 0 Å². The summed E-state index contributed by atoms with van der Waals surface area (Å²) in [6.45, 7) is 0. The minimum atomic E-state index is -1.25. The number of nitro groups is 1. The highest BCUT2D eigenvalue weighted by Gasteiger charge is 2.17. The highest BCUT2D eigenvalue weighted by Crippen LogP contribution is 2.21. The Morgan fingerprint density at radius 1 is 1.36 bits per heavy atom. The van der Waals surface area contributed by atoms with E-state index in [-0.39, 0.29) is 12.0 Å². The molecule has 0 saturated carbocycles. The van der Waals surface area contributed by atoms with E-state index in [0.717, 1.165) is 6.07 Å². The van der Waals surface area contributed by atoms with Crippen molar-refractivity contribution in [3.05, 3.63) is 39.4 Å². The average Bonchev–Trinajstić information content (AvgIpc) is 2.09. The number of aldehydes is 1. The fourth-order valence-electron chi connectivity index (χ4n) is 0.967. The fraction of sp³-hybridized carbons (Fsp3) is 0.125. The van der Waals surface area contributed by atoms with Crippen LogP contribution in [0.3, 0.4) is 0 Å². The smallest absolute Gasteiger partial charge is 0.303 e. The zero-order chi connectivity index (χ0) is 10.7. The van der Waals surface area contributed by atoms with Crippen molar-refractivity contribution in [3.8, 4) is 0 Å². The Bertz CT molecular complexity index is 392. The maximum Gasteiger partial charge on any atom is 0.305 e. The van der Waals surface area contributed by atoms with Crippen LogP contribution >= 0.6 is 0 Å². The third-order valence-corrected chi connectivity index (χ3v) is 1.62. The molecule has 14 heavy (non-hydrogen) atoms. The Labute approximate surface area is 77.3 Å². The topological polar surface area (TPSA) is 60.2 Å². The molecular formula is C8H5F2NO3. The molecule has 0 spiro atoms. The number of nitrogens with zero attached hydrogens (tertiary/aromatic N) is 1. The number of hydrogen-bond donors (Lipinski definition) is 0. The summed E-state index contributed by atoms with van der Waals surface area (Å²) >= 11 is 0. The highest BCUT2D eigenvalue weighted by molar-refractivity contribution is 5.56. The van der Waals surface area contributed by atoms with Gasteiger partial charge in [0.1, 0.15) is 12.1 Å². The van der Waals surface area contributed by atoms with Gasteiger partial charge in [-0.1, -0.05) is 0 Å². The highest BCUT2D eigenvalue weighted by atomic mass is 19.1. The van der Waals surface area contributed by atoms with Gasteiger partial charge in [0, 0.05) is 24.1 Å². The predicted molar refractivity (Wildman–Crippen MR) is 42.8 cm³/mol. The molecule has 4 nitrogen and oxygen atoms in total. The molecule has 0 aliphatic rings. The summed E-state index contributed by atoms with van der Waals surface area (Å²) in [7, 11) is 0. The van der Waals surface area contributed by atoms with E-state index < -0.39 is 22.2 Å². The van der Waals surface area contributed by atoms with Gasteiger partial charge >= 0.3 is 5.69 Å². The number of carbonyl (C=O) groups is 1. The number of benzene rings is 1. The third kappa shape index (κ3) is 1.90. The normalized spacial score (nSPS) is 9.86. The molecule has 1 aromatic carbocycles. The quantitative estimate of drug-likeness (QED) is 0.424. The van der Waals surface area contributed by atoms with Gasteiger partial charge in [-0.05, 0) is 0 Å². The maximum atomic E-state index is 12.9. The molecular weight excluding hydrogens is 196 g/mol. The molecule has 0 unspecified atom stereocenters. The number of halogens is 2.